The van der Waals surface area contributed by atoms with Crippen molar-refractivity contribution >= 4 is 0 Å². The molecule has 4 rings (SSSR count). The molecule has 1 unspecified atom stereocenters. The van der Waals surface area contributed by atoms with E-state index in [4.69, 9.17) is 24.3 Å². The van der Waals surface area contributed by atoms with E-state index in [2.05, 4.69) is 12.1 Å². The zero-order chi connectivity index (χ0) is 19.2. The van der Waals surface area contributed by atoms with Gasteiger partial charge in [-0.3, -0.25) is 0 Å². The monoisotopic (exact) mass is 379 g/mol. The molecule has 1 aliphatic rings. The van der Waals surface area contributed by atoms with Gasteiger partial charge in [-0.1, -0.05) is 30.3 Å². The summed E-state index contributed by atoms with van der Waals surface area (Å²) in [5.74, 6) is 3.50. The lowest BCUT2D eigenvalue weighted by Crippen LogP contribution is -2.16. The van der Waals surface area contributed by atoms with E-state index in [1.165, 1.54) is 0 Å². The molecule has 0 aliphatic carbocycles. The number of hydrogen-bond donors (Lipinski definition) is 0. The van der Waals surface area contributed by atoms with Crippen molar-refractivity contribution in [1.29, 1.82) is 0 Å². The summed E-state index contributed by atoms with van der Waals surface area (Å²) >= 11 is 0. The lowest BCUT2D eigenvalue weighted by Gasteiger charge is -2.12. The van der Waals surface area contributed by atoms with Gasteiger partial charge >= 0.3 is 0 Å². The maximum absolute atomic E-state index is 5.85. The molecular formula is C22H25N3O3. The van der Waals surface area contributed by atoms with Crippen LogP contribution in [0.1, 0.15) is 29.7 Å². The standard InChI is InChI=1S/C22H25N3O3/c1-26-19-9-7-17(8-10-19)15-21-23-22(25(24-21)18-11-13-27-16-18)12-14-28-20-5-3-2-4-6-20/h2-10,18H,11-16H2,1H3. The molecule has 1 atom stereocenters. The Bertz CT molecular complexity index is 872. The number of methoxy groups -OCH3 is 1. The predicted octanol–water partition coefficient (Wildman–Crippen LogP) is 3.46. The minimum absolute atomic E-state index is 0.254. The Kier molecular flexibility index (Phi) is 5.87. The van der Waals surface area contributed by atoms with Gasteiger partial charge in [-0.25, -0.2) is 9.67 Å². The third-order valence-electron chi connectivity index (χ3n) is 4.86. The number of ether oxygens (including phenoxy) is 3. The van der Waals surface area contributed by atoms with E-state index in [1.54, 1.807) is 7.11 Å². The minimum atomic E-state index is 0.254. The minimum Gasteiger partial charge on any atom is -0.497 e. The first-order valence-electron chi connectivity index (χ1n) is 9.64. The van der Waals surface area contributed by atoms with Crippen molar-refractivity contribution in [2.75, 3.05) is 26.9 Å². The molecule has 1 saturated heterocycles. The lowest BCUT2D eigenvalue weighted by molar-refractivity contribution is 0.183. The summed E-state index contributed by atoms with van der Waals surface area (Å²) in [6.07, 6.45) is 2.37. The fraction of sp³-hybridized carbons (Fsp3) is 0.364. The van der Waals surface area contributed by atoms with Crippen LogP contribution in [-0.4, -0.2) is 41.7 Å². The molecule has 0 radical (unpaired) electrons. The topological polar surface area (TPSA) is 58.4 Å². The van der Waals surface area contributed by atoms with Crippen LogP contribution < -0.4 is 9.47 Å². The lowest BCUT2D eigenvalue weighted by atomic mass is 10.1. The Morgan fingerprint density at radius 1 is 1.07 bits per heavy atom. The molecule has 1 aromatic heterocycles. The summed E-state index contributed by atoms with van der Waals surface area (Å²) in [5.41, 5.74) is 1.16. The second-order valence-corrected chi connectivity index (χ2v) is 6.84. The van der Waals surface area contributed by atoms with Crippen LogP contribution in [0.4, 0.5) is 0 Å². The van der Waals surface area contributed by atoms with E-state index >= 15 is 0 Å². The number of para-hydroxylation sites is 1. The molecule has 0 bridgehead atoms. The van der Waals surface area contributed by atoms with Crippen molar-refractivity contribution in [1.82, 2.24) is 14.8 Å². The van der Waals surface area contributed by atoms with Crippen molar-refractivity contribution in [3.63, 3.8) is 0 Å². The first-order chi connectivity index (χ1) is 13.8. The van der Waals surface area contributed by atoms with Crippen molar-refractivity contribution < 1.29 is 14.2 Å². The highest BCUT2D eigenvalue weighted by atomic mass is 16.5. The largest absolute Gasteiger partial charge is 0.497 e. The van der Waals surface area contributed by atoms with Crippen LogP contribution >= 0.6 is 0 Å². The Hall–Kier alpha value is -2.86. The van der Waals surface area contributed by atoms with Gasteiger partial charge in [0, 0.05) is 19.4 Å². The highest BCUT2D eigenvalue weighted by Gasteiger charge is 2.23. The van der Waals surface area contributed by atoms with E-state index in [0.29, 0.717) is 26.1 Å². The normalized spacial score (nSPS) is 16.2. The summed E-state index contributed by atoms with van der Waals surface area (Å²) < 4.78 is 18.7. The fourth-order valence-electron chi connectivity index (χ4n) is 3.36. The average Bonchev–Trinajstić information content (AvgIpc) is 3.39. The zero-order valence-electron chi connectivity index (χ0n) is 16.1. The first kappa shape index (κ1) is 18.5. The number of aromatic nitrogens is 3. The molecule has 2 aromatic carbocycles. The summed E-state index contributed by atoms with van der Waals surface area (Å²) in [4.78, 5) is 4.81. The molecule has 6 heteroatoms. The zero-order valence-corrected chi connectivity index (χ0v) is 16.1. The van der Waals surface area contributed by atoms with E-state index in [9.17, 15) is 0 Å². The molecule has 1 aliphatic heterocycles. The summed E-state index contributed by atoms with van der Waals surface area (Å²) in [5, 5.41) is 4.79. The maximum Gasteiger partial charge on any atom is 0.155 e. The molecule has 6 nitrogen and oxygen atoms in total. The van der Waals surface area contributed by atoms with Gasteiger partial charge in [0.2, 0.25) is 0 Å². The van der Waals surface area contributed by atoms with Crippen LogP contribution in [0.5, 0.6) is 11.5 Å². The van der Waals surface area contributed by atoms with Crippen LogP contribution in [0.3, 0.4) is 0 Å². The van der Waals surface area contributed by atoms with Gasteiger partial charge in [-0.05, 0) is 36.2 Å². The third-order valence-corrected chi connectivity index (χ3v) is 4.86. The van der Waals surface area contributed by atoms with Crippen LogP contribution in [0.15, 0.2) is 54.6 Å². The second kappa shape index (κ2) is 8.89. The number of benzene rings is 2. The van der Waals surface area contributed by atoms with Crippen molar-refractivity contribution in [2.45, 2.75) is 25.3 Å². The Balaban J connectivity index is 1.47. The van der Waals surface area contributed by atoms with E-state index in [-0.39, 0.29) is 6.04 Å². The van der Waals surface area contributed by atoms with Crippen molar-refractivity contribution in [3.05, 3.63) is 71.8 Å². The quantitative estimate of drug-likeness (QED) is 0.600. The number of hydrogen-bond acceptors (Lipinski definition) is 5. The van der Waals surface area contributed by atoms with E-state index in [1.807, 2.05) is 47.1 Å². The summed E-state index contributed by atoms with van der Waals surface area (Å²) in [7, 11) is 1.67. The van der Waals surface area contributed by atoms with Crippen LogP contribution in [0, 0.1) is 0 Å². The van der Waals surface area contributed by atoms with Gasteiger partial charge in [0.1, 0.15) is 17.3 Å². The molecule has 3 aromatic rings. The predicted molar refractivity (Wildman–Crippen MR) is 106 cm³/mol. The Labute approximate surface area is 165 Å². The highest BCUT2D eigenvalue weighted by molar-refractivity contribution is 5.28. The number of nitrogens with zero attached hydrogens (tertiary/aromatic N) is 3. The molecule has 146 valence electrons. The molecule has 1 fully saturated rings. The smallest absolute Gasteiger partial charge is 0.155 e. The Morgan fingerprint density at radius 3 is 2.61 bits per heavy atom. The maximum atomic E-state index is 5.85. The van der Waals surface area contributed by atoms with Gasteiger partial charge in [0.25, 0.3) is 0 Å². The van der Waals surface area contributed by atoms with Crippen molar-refractivity contribution in [3.8, 4) is 11.5 Å². The van der Waals surface area contributed by atoms with E-state index in [0.717, 1.165) is 41.7 Å². The van der Waals surface area contributed by atoms with Gasteiger partial charge < -0.3 is 14.2 Å². The highest BCUT2D eigenvalue weighted by Crippen LogP contribution is 2.21. The van der Waals surface area contributed by atoms with Gasteiger partial charge in [-0.2, -0.15) is 5.10 Å². The van der Waals surface area contributed by atoms with Crippen LogP contribution in [-0.2, 0) is 17.6 Å². The van der Waals surface area contributed by atoms with Gasteiger partial charge in [-0.15, -0.1) is 0 Å². The van der Waals surface area contributed by atoms with Crippen LogP contribution in [0.2, 0.25) is 0 Å². The number of rotatable bonds is 8. The molecule has 0 saturated carbocycles. The van der Waals surface area contributed by atoms with Gasteiger partial charge in [0.15, 0.2) is 5.82 Å². The molecule has 2 heterocycles. The molecule has 28 heavy (non-hydrogen) atoms. The fourth-order valence-corrected chi connectivity index (χ4v) is 3.36. The third kappa shape index (κ3) is 4.51. The van der Waals surface area contributed by atoms with Crippen molar-refractivity contribution in [2.24, 2.45) is 0 Å². The second-order valence-electron chi connectivity index (χ2n) is 6.84. The van der Waals surface area contributed by atoms with Crippen LogP contribution in [0.25, 0.3) is 0 Å². The SMILES string of the molecule is COc1ccc(Cc2nc(CCOc3ccccc3)n(C3CCOC3)n2)cc1. The summed E-state index contributed by atoms with van der Waals surface area (Å²) in [6.45, 7) is 2.04. The summed E-state index contributed by atoms with van der Waals surface area (Å²) in [6, 6.07) is 18.1. The average molecular weight is 379 g/mol. The molecule has 0 N–H and O–H groups in total. The molecular weight excluding hydrogens is 354 g/mol. The first-order valence-corrected chi connectivity index (χ1v) is 9.64. The van der Waals surface area contributed by atoms with Gasteiger partial charge in [0.05, 0.1) is 26.4 Å². The molecule has 0 spiro atoms. The Morgan fingerprint density at radius 2 is 1.89 bits per heavy atom. The molecule has 0 amide bonds. The van der Waals surface area contributed by atoms with E-state index < -0.39 is 0 Å².